The van der Waals surface area contributed by atoms with Gasteiger partial charge in [-0.05, 0) is 165 Å². The van der Waals surface area contributed by atoms with E-state index in [-0.39, 0.29) is 5.41 Å². The van der Waals surface area contributed by atoms with Crippen molar-refractivity contribution in [3.05, 3.63) is 186 Å². The number of hydrogen-bond donors (Lipinski definition) is 0. The third-order valence-corrected chi connectivity index (χ3v) is 15.0. The quantitative estimate of drug-likeness (QED) is 0.149. The Hall–Kier alpha value is -5.66. The van der Waals surface area contributed by atoms with Crippen LogP contribution in [0.25, 0.3) is 44.5 Å². The molecule has 2 bridgehead atoms. The van der Waals surface area contributed by atoms with Crippen molar-refractivity contribution in [1.82, 2.24) is 0 Å². The Morgan fingerprint density at radius 3 is 1.66 bits per heavy atom. The molecule has 0 radical (unpaired) electrons. The molecular formula is C58H55N. The molecule has 59 heavy (non-hydrogen) atoms. The Balaban J connectivity index is 0.934. The first kappa shape index (κ1) is 36.4. The van der Waals surface area contributed by atoms with Gasteiger partial charge in [-0.25, -0.2) is 0 Å². The lowest BCUT2D eigenvalue weighted by atomic mass is 9.81. The Bertz CT molecular complexity index is 2610. The first-order valence-electron chi connectivity index (χ1n) is 22.5. The summed E-state index contributed by atoms with van der Waals surface area (Å²) >= 11 is 0. The number of fused-ring (bicyclic) bond motifs is 5. The van der Waals surface area contributed by atoms with Gasteiger partial charge in [0.15, 0.2) is 0 Å². The van der Waals surface area contributed by atoms with Crippen LogP contribution in [0.1, 0.15) is 106 Å². The van der Waals surface area contributed by atoms with Gasteiger partial charge in [0.05, 0.1) is 0 Å². The maximum absolute atomic E-state index is 2.49. The highest BCUT2D eigenvalue weighted by molar-refractivity contribution is 5.87. The van der Waals surface area contributed by atoms with Gasteiger partial charge in [0.1, 0.15) is 0 Å². The minimum atomic E-state index is -0.148. The van der Waals surface area contributed by atoms with Crippen LogP contribution in [0, 0.1) is 11.8 Å². The molecule has 3 atom stereocenters. The molecule has 4 aliphatic rings. The summed E-state index contributed by atoms with van der Waals surface area (Å²) in [4.78, 5) is 2.49. The molecule has 7 aromatic carbocycles. The van der Waals surface area contributed by atoms with Gasteiger partial charge < -0.3 is 4.90 Å². The molecule has 3 unspecified atom stereocenters. The minimum Gasteiger partial charge on any atom is -0.310 e. The molecule has 0 heterocycles. The number of benzene rings is 7. The lowest BCUT2D eigenvalue weighted by Gasteiger charge is -2.29. The number of nitrogens with zero attached hydrogens (tertiary/aromatic N) is 1. The van der Waals surface area contributed by atoms with Crippen LogP contribution in [0.2, 0.25) is 0 Å². The van der Waals surface area contributed by atoms with Crippen LogP contribution < -0.4 is 4.90 Å². The molecular weight excluding hydrogens is 711 g/mol. The maximum atomic E-state index is 2.49. The molecule has 7 aromatic rings. The van der Waals surface area contributed by atoms with Crippen molar-refractivity contribution in [3.63, 3.8) is 0 Å². The van der Waals surface area contributed by atoms with Crippen molar-refractivity contribution in [3.8, 4) is 44.5 Å². The Morgan fingerprint density at radius 1 is 0.424 bits per heavy atom. The SMILES string of the molecule is CC1(C)c2cc(-c3ccc(-c4ccccc4)cc3)ccc2-c2ccc(N(c3ccc(-c4cccc(C5CCCCC5)c4)cc3)c3ccc(C4CC5CCC4C5)cc3)cc21. The second kappa shape index (κ2) is 14.9. The highest BCUT2D eigenvalue weighted by Crippen LogP contribution is 2.54. The van der Waals surface area contributed by atoms with Crippen molar-refractivity contribution in [2.24, 2.45) is 11.8 Å². The molecule has 3 fully saturated rings. The monoisotopic (exact) mass is 765 g/mol. The van der Waals surface area contributed by atoms with Crippen LogP contribution in [-0.4, -0.2) is 0 Å². The average Bonchev–Trinajstić information content (AvgIpc) is 4.00. The van der Waals surface area contributed by atoms with Crippen molar-refractivity contribution >= 4 is 17.1 Å². The molecule has 0 amide bonds. The fraction of sp³-hybridized carbons (Fsp3) is 0.276. The fourth-order valence-electron chi connectivity index (χ4n) is 11.7. The minimum absolute atomic E-state index is 0.148. The molecule has 0 aliphatic heterocycles. The van der Waals surface area contributed by atoms with Gasteiger partial charge in [0.2, 0.25) is 0 Å². The average molecular weight is 766 g/mol. The van der Waals surface area contributed by atoms with E-state index in [0.717, 1.165) is 17.8 Å². The molecule has 1 nitrogen and oxygen atoms in total. The van der Waals surface area contributed by atoms with Crippen LogP contribution in [0.3, 0.4) is 0 Å². The predicted octanol–water partition coefficient (Wildman–Crippen LogP) is 16.4. The molecule has 0 aromatic heterocycles. The molecule has 1 heteroatoms. The van der Waals surface area contributed by atoms with Crippen molar-refractivity contribution in [2.75, 3.05) is 4.90 Å². The molecule has 11 rings (SSSR count). The van der Waals surface area contributed by atoms with Gasteiger partial charge in [0, 0.05) is 22.5 Å². The van der Waals surface area contributed by atoms with E-state index in [1.54, 1.807) is 0 Å². The van der Waals surface area contributed by atoms with E-state index in [4.69, 9.17) is 0 Å². The summed E-state index contributed by atoms with van der Waals surface area (Å²) in [6.07, 6.45) is 12.4. The summed E-state index contributed by atoms with van der Waals surface area (Å²) in [5.74, 6) is 3.25. The molecule has 4 aliphatic carbocycles. The van der Waals surface area contributed by atoms with E-state index in [2.05, 4.69) is 183 Å². The Labute approximate surface area is 351 Å². The lowest BCUT2D eigenvalue weighted by molar-refractivity contribution is 0.420. The van der Waals surface area contributed by atoms with Crippen LogP contribution >= 0.6 is 0 Å². The predicted molar refractivity (Wildman–Crippen MR) is 249 cm³/mol. The van der Waals surface area contributed by atoms with Crippen molar-refractivity contribution in [1.29, 1.82) is 0 Å². The second-order valence-corrected chi connectivity index (χ2v) is 18.8. The summed E-state index contributed by atoms with van der Waals surface area (Å²) in [6, 6.07) is 62.5. The number of rotatable bonds is 8. The lowest BCUT2D eigenvalue weighted by Crippen LogP contribution is -2.17. The Kier molecular flexibility index (Phi) is 9.18. The fourth-order valence-corrected chi connectivity index (χ4v) is 11.7. The van der Waals surface area contributed by atoms with Crippen molar-refractivity contribution in [2.45, 2.75) is 88.9 Å². The number of hydrogen-bond acceptors (Lipinski definition) is 1. The topological polar surface area (TPSA) is 3.24 Å². The van der Waals surface area contributed by atoms with E-state index in [1.807, 2.05) is 0 Å². The van der Waals surface area contributed by atoms with Crippen molar-refractivity contribution < 1.29 is 0 Å². The summed E-state index contributed by atoms with van der Waals surface area (Å²) in [7, 11) is 0. The van der Waals surface area contributed by atoms with E-state index >= 15 is 0 Å². The standard InChI is InChI=1S/C58H55N/c1-58(2)56-37-48(43-20-18-42(19-21-43)40-10-5-3-6-11-40)26-32-53(56)54-33-31-52(38-57(54)58)59(51-29-24-45(25-30-51)55-35-39-16-17-49(55)34-39)50-27-22-44(23-28-50)47-15-9-14-46(36-47)41-12-7-4-8-13-41/h3,5-6,9-11,14-15,18-33,36-39,41,49,55H,4,7-8,12-13,16-17,34-35H2,1-2H3. The zero-order chi connectivity index (χ0) is 39.5. The first-order chi connectivity index (χ1) is 29.0. The molecule has 292 valence electrons. The van der Waals surface area contributed by atoms with Gasteiger partial charge in [-0.3, -0.25) is 0 Å². The third kappa shape index (κ3) is 6.64. The van der Waals surface area contributed by atoms with Gasteiger partial charge in [-0.15, -0.1) is 0 Å². The zero-order valence-corrected chi connectivity index (χ0v) is 34.7. The molecule has 3 saturated carbocycles. The molecule has 0 saturated heterocycles. The summed E-state index contributed by atoms with van der Waals surface area (Å²) in [5, 5.41) is 0. The van der Waals surface area contributed by atoms with Gasteiger partial charge in [0.25, 0.3) is 0 Å². The first-order valence-corrected chi connectivity index (χ1v) is 22.5. The number of anilines is 3. The van der Waals surface area contributed by atoms with Crippen LogP contribution in [0.4, 0.5) is 17.1 Å². The summed E-state index contributed by atoms with van der Waals surface area (Å²) < 4.78 is 0. The van der Waals surface area contributed by atoms with Gasteiger partial charge >= 0.3 is 0 Å². The van der Waals surface area contributed by atoms with E-state index < -0.39 is 0 Å². The van der Waals surface area contributed by atoms with Crippen LogP contribution in [-0.2, 0) is 5.41 Å². The Morgan fingerprint density at radius 2 is 0.983 bits per heavy atom. The zero-order valence-electron chi connectivity index (χ0n) is 34.7. The largest absolute Gasteiger partial charge is 0.310 e. The van der Waals surface area contributed by atoms with Crippen LogP contribution in [0.5, 0.6) is 0 Å². The van der Waals surface area contributed by atoms with Crippen LogP contribution in [0.15, 0.2) is 164 Å². The second-order valence-electron chi connectivity index (χ2n) is 18.8. The molecule has 0 N–H and O–H groups in total. The van der Waals surface area contributed by atoms with Gasteiger partial charge in [-0.1, -0.05) is 161 Å². The highest BCUT2D eigenvalue weighted by atomic mass is 15.1. The van der Waals surface area contributed by atoms with E-state index in [9.17, 15) is 0 Å². The van der Waals surface area contributed by atoms with E-state index in [0.29, 0.717) is 5.92 Å². The molecule has 0 spiro atoms. The summed E-state index contributed by atoms with van der Waals surface area (Å²) in [5.41, 5.74) is 19.6. The third-order valence-electron chi connectivity index (χ3n) is 15.0. The van der Waals surface area contributed by atoms with Gasteiger partial charge in [-0.2, -0.15) is 0 Å². The van der Waals surface area contributed by atoms with E-state index in [1.165, 1.54) is 142 Å². The highest BCUT2D eigenvalue weighted by Gasteiger charge is 2.40. The summed E-state index contributed by atoms with van der Waals surface area (Å²) in [6.45, 7) is 4.82. The smallest absolute Gasteiger partial charge is 0.0465 e. The maximum Gasteiger partial charge on any atom is 0.0465 e. The normalized spacial score (nSPS) is 20.3.